The molecule has 29 heavy (non-hydrogen) atoms. The van der Waals surface area contributed by atoms with Gasteiger partial charge in [-0.15, -0.1) is 0 Å². The highest BCUT2D eigenvalue weighted by molar-refractivity contribution is 6.02. The van der Waals surface area contributed by atoms with Crippen molar-refractivity contribution >= 4 is 28.6 Å². The molecule has 0 atom stereocenters. The molecule has 0 radical (unpaired) electrons. The molecule has 2 aromatic carbocycles. The lowest BCUT2D eigenvalue weighted by molar-refractivity contribution is -0.136. The number of aromatic amines is 1. The molecule has 7 heteroatoms. The van der Waals surface area contributed by atoms with Gasteiger partial charge in [0.2, 0.25) is 11.8 Å². The van der Waals surface area contributed by atoms with Gasteiger partial charge in [0.25, 0.3) is 0 Å². The number of H-pyrrole nitrogens is 1. The number of imidazole rings is 1. The number of nitrogens with one attached hydrogen (secondary N) is 1. The third kappa shape index (κ3) is 4.34. The maximum Gasteiger partial charge on any atom is 0.243 e. The van der Waals surface area contributed by atoms with Crippen LogP contribution in [0.25, 0.3) is 11.0 Å². The Balaban J connectivity index is 1.29. The average Bonchev–Trinajstić information content (AvgIpc) is 3.39. The van der Waals surface area contributed by atoms with Crippen LogP contribution < -0.4 is 0 Å². The lowest BCUT2D eigenvalue weighted by atomic mass is 10.1. The number of carbonyl (C=O) groups is 2. The van der Waals surface area contributed by atoms with Crippen LogP contribution >= 0.6 is 0 Å². The number of fused-ring (bicyclic) bond motifs is 1. The van der Waals surface area contributed by atoms with E-state index in [1.165, 1.54) is 5.01 Å². The molecule has 2 amide bonds. The van der Waals surface area contributed by atoms with Gasteiger partial charge in [-0.1, -0.05) is 42.5 Å². The van der Waals surface area contributed by atoms with Crippen molar-refractivity contribution in [3.05, 3.63) is 66.0 Å². The van der Waals surface area contributed by atoms with E-state index in [1.807, 2.05) is 54.6 Å². The summed E-state index contributed by atoms with van der Waals surface area (Å²) < 4.78 is 0. The molecule has 2 heterocycles. The number of carbonyl (C=O) groups excluding carboxylic acids is 2. The Morgan fingerprint density at radius 2 is 1.83 bits per heavy atom. The van der Waals surface area contributed by atoms with E-state index in [0.717, 1.165) is 34.6 Å². The zero-order chi connectivity index (χ0) is 20.2. The van der Waals surface area contributed by atoms with Crippen molar-refractivity contribution in [3.8, 4) is 0 Å². The van der Waals surface area contributed by atoms with Crippen LogP contribution in [0.4, 0.5) is 0 Å². The predicted molar refractivity (Wildman–Crippen MR) is 111 cm³/mol. The summed E-state index contributed by atoms with van der Waals surface area (Å²) in [5, 5.41) is 5.91. The first-order valence-electron chi connectivity index (χ1n) is 9.71. The second-order valence-electron chi connectivity index (χ2n) is 7.13. The van der Waals surface area contributed by atoms with Crippen LogP contribution in [0.1, 0.15) is 30.7 Å². The molecular formula is C22H23N5O2. The molecule has 0 bridgehead atoms. The Morgan fingerprint density at radius 1 is 1.07 bits per heavy atom. The summed E-state index contributed by atoms with van der Waals surface area (Å²) in [6.07, 6.45) is 1.03. The van der Waals surface area contributed by atoms with Crippen molar-refractivity contribution in [3.63, 3.8) is 0 Å². The van der Waals surface area contributed by atoms with Crippen LogP contribution in [0, 0.1) is 0 Å². The van der Waals surface area contributed by atoms with Gasteiger partial charge in [0.05, 0.1) is 29.8 Å². The summed E-state index contributed by atoms with van der Waals surface area (Å²) in [6, 6.07) is 17.6. The van der Waals surface area contributed by atoms with Gasteiger partial charge in [0.15, 0.2) is 0 Å². The second-order valence-corrected chi connectivity index (χ2v) is 7.13. The minimum absolute atomic E-state index is 0.0923. The molecule has 7 nitrogen and oxygen atoms in total. The normalized spacial score (nSPS) is 13.6. The van der Waals surface area contributed by atoms with Gasteiger partial charge in [-0.05, 0) is 17.7 Å². The van der Waals surface area contributed by atoms with Gasteiger partial charge in [0, 0.05) is 26.3 Å². The highest BCUT2D eigenvalue weighted by atomic mass is 16.2. The number of nitrogens with zero attached hydrogens (tertiary/aromatic N) is 4. The van der Waals surface area contributed by atoms with E-state index in [9.17, 15) is 9.59 Å². The summed E-state index contributed by atoms with van der Waals surface area (Å²) in [5.74, 6) is 0.511. The van der Waals surface area contributed by atoms with Crippen LogP contribution in [0.15, 0.2) is 59.7 Å². The number of hydrogen-bond acceptors (Lipinski definition) is 4. The minimum Gasteiger partial charge on any atom is -0.340 e. The van der Waals surface area contributed by atoms with Crippen molar-refractivity contribution in [1.82, 2.24) is 19.9 Å². The molecule has 0 spiro atoms. The molecule has 0 saturated heterocycles. The number of amides is 2. The molecule has 1 aromatic heterocycles. The van der Waals surface area contributed by atoms with Crippen molar-refractivity contribution in [2.24, 2.45) is 5.10 Å². The number of para-hydroxylation sites is 2. The summed E-state index contributed by atoms with van der Waals surface area (Å²) in [6.45, 7) is 0.938. The molecule has 4 rings (SSSR count). The van der Waals surface area contributed by atoms with Crippen LogP contribution in [0.3, 0.4) is 0 Å². The minimum atomic E-state index is -0.124. The highest BCUT2D eigenvalue weighted by Gasteiger charge is 2.22. The summed E-state index contributed by atoms with van der Waals surface area (Å²) in [5.41, 5.74) is 3.76. The monoisotopic (exact) mass is 389 g/mol. The topological polar surface area (TPSA) is 81.7 Å². The van der Waals surface area contributed by atoms with Gasteiger partial charge >= 0.3 is 0 Å². The number of hydrazone groups is 1. The second kappa shape index (κ2) is 8.26. The fourth-order valence-corrected chi connectivity index (χ4v) is 3.40. The zero-order valence-electron chi connectivity index (χ0n) is 16.3. The van der Waals surface area contributed by atoms with Crippen LogP contribution in [0.5, 0.6) is 0 Å². The molecule has 0 fully saturated rings. The molecule has 0 unspecified atom stereocenters. The maximum absolute atomic E-state index is 12.5. The van der Waals surface area contributed by atoms with E-state index < -0.39 is 0 Å². The molecule has 1 aliphatic rings. The summed E-state index contributed by atoms with van der Waals surface area (Å²) >= 11 is 0. The molecule has 0 saturated carbocycles. The molecule has 3 aromatic rings. The molecule has 1 N–H and O–H groups in total. The smallest absolute Gasteiger partial charge is 0.243 e. The number of rotatable bonds is 6. The molecule has 148 valence electrons. The van der Waals surface area contributed by atoms with Gasteiger partial charge < -0.3 is 9.88 Å². The third-order valence-electron chi connectivity index (χ3n) is 5.00. The van der Waals surface area contributed by atoms with Gasteiger partial charge in [-0.3, -0.25) is 9.59 Å². The summed E-state index contributed by atoms with van der Waals surface area (Å²) in [7, 11) is 1.72. The van der Waals surface area contributed by atoms with Gasteiger partial charge in [0.1, 0.15) is 5.82 Å². The first kappa shape index (κ1) is 18.9. The van der Waals surface area contributed by atoms with E-state index in [1.54, 1.807) is 11.9 Å². The largest absolute Gasteiger partial charge is 0.340 e. The summed E-state index contributed by atoms with van der Waals surface area (Å²) in [4.78, 5) is 34.2. The fraction of sp³-hybridized carbons (Fsp3) is 0.273. The number of aromatic nitrogens is 2. The van der Waals surface area contributed by atoms with Crippen LogP contribution in [-0.4, -0.2) is 51.0 Å². The maximum atomic E-state index is 12.5. The van der Waals surface area contributed by atoms with E-state index in [0.29, 0.717) is 13.1 Å². The van der Waals surface area contributed by atoms with Gasteiger partial charge in [-0.25, -0.2) is 9.99 Å². The Kier molecular flexibility index (Phi) is 5.37. The Morgan fingerprint density at radius 3 is 2.62 bits per heavy atom. The third-order valence-corrected chi connectivity index (χ3v) is 5.00. The number of hydrogen-bond donors (Lipinski definition) is 1. The van der Waals surface area contributed by atoms with E-state index in [2.05, 4.69) is 15.1 Å². The van der Waals surface area contributed by atoms with E-state index >= 15 is 0 Å². The zero-order valence-corrected chi connectivity index (χ0v) is 16.3. The average molecular weight is 389 g/mol. The number of benzene rings is 2. The SMILES string of the molecule is CN(Cc1nc2ccccc2[nH]1)C(=O)CCC(=O)N1CCC(c2ccccc2)=N1. The van der Waals surface area contributed by atoms with Crippen molar-refractivity contribution in [2.45, 2.75) is 25.8 Å². The first-order chi connectivity index (χ1) is 14.1. The first-order valence-corrected chi connectivity index (χ1v) is 9.71. The lowest BCUT2D eigenvalue weighted by Gasteiger charge is -2.16. The van der Waals surface area contributed by atoms with E-state index in [4.69, 9.17) is 0 Å². The molecule has 0 aliphatic carbocycles. The predicted octanol–water partition coefficient (Wildman–Crippen LogP) is 2.94. The Labute approximate surface area is 169 Å². The standard InChI is InChI=1S/C22H23N5O2/c1-26(15-20-23-18-9-5-6-10-19(18)24-20)21(28)11-12-22(29)27-14-13-17(25-27)16-7-3-2-4-8-16/h2-10H,11-15H2,1H3,(H,23,24). The van der Waals surface area contributed by atoms with Crippen molar-refractivity contribution < 1.29 is 9.59 Å². The van der Waals surface area contributed by atoms with Gasteiger partial charge in [-0.2, -0.15) is 5.10 Å². The van der Waals surface area contributed by atoms with Crippen molar-refractivity contribution in [1.29, 1.82) is 0 Å². The fourth-order valence-electron chi connectivity index (χ4n) is 3.40. The van der Waals surface area contributed by atoms with E-state index in [-0.39, 0.29) is 24.7 Å². The van der Waals surface area contributed by atoms with Crippen LogP contribution in [-0.2, 0) is 16.1 Å². The quantitative estimate of drug-likeness (QED) is 0.704. The molecular weight excluding hydrogens is 366 g/mol. The molecule has 1 aliphatic heterocycles. The Hall–Kier alpha value is -3.48. The lowest BCUT2D eigenvalue weighted by Crippen LogP contribution is -2.29. The highest BCUT2D eigenvalue weighted by Crippen LogP contribution is 2.16. The van der Waals surface area contributed by atoms with Crippen LogP contribution in [0.2, 0.25) is 0 Å². The Bertz CT molecular complexity index is 1020. The van der Waals surface area contributed by atoms with Crippen molar-refractivity contribution in [2.75, 3.05) is 13.6 Å².